The minimum atomic E-state index is -4.57. The lowest BCUT2D eigenvalue weighted by atomic mass is 10.0. The van der Waals surface area contributed by atoms with Crippen molar-refractivity contribution in [3.63, 3.8) is 0 Å². The van der Waals surface area contributed by atoms with Gasteiger partial charge < -0.3 is 14.3 Å². The third kappa shape index (κ3) is 5.95. The van der Waals surface area contributed by atoms with E-state index in [1.54, 1.807) is 43.3 Å². The fraction of sp³-hybridized carbons (Fsp3) is 0.222. The zero-order valence-corrected chi connectivity index (χ0v) is 25.4. The number of benzene rings is 4. The maximum absolute atomic E-state index is 13.4. The Labute approximate surface area is 263 Å². The van der Waals surface area contributed by atoms with Gasteiger partial charge in [0.15, 0.2) is 5.75 Å². The quantitative estimate of drug-likeness (QED) is 0.144. The molecule has 0 amide bonds. The van der Waals surface area contributed by atoms with E-state index in [1.807, 2.05) is 35.4 Å². The van der Waals surface area contributed by atoms with Crippen LogP contribution in [0.15, 0.2) is 97.1 Å². The summed E-state index contributed by atoms with van der Waals surface area (Å²) in [6.45, 7) is 4.90. The number of para-hydroxylation sites is 1. The summed E-state index contributed by atoms with van der Waals surface area (Å²) in [5.74, 6) is 0.553. The smallest absolute Gasteiger partial charge is 0.416 e. The van der Waals surface area contributed by atoms with Crippen molar-refractivity contribution in [1.82, 2.24) is 9.63 Å². The molecule has 1 fully saturated rings. The molecular formula is C36H31F3N2O5. The van der Waals surface area contributed by atoms with Gasteiger partial charge in [0, 0.05) is 22.2 Å². The third-order valence-electron chi connectivity index (χ3n) is 8.34. The molecule has 236 valence electrons. The van der Waals surface area contributed by atoms with E-state index >= 15 is 0 Å². The lowest BCUT2D eigenvalue weighted by Gasteiger charge is -2.09. The molecule has 0 bridgehead atoms. The van der Waals surface area contributed by atoms with Gasteiger partial charge in [-0.05, 0) is 73.5 Å². The summed E-state index contributed by atoms with van der Waals surface area (Å²) in [5, 5.41) is 2.19. The average Bonchev–Trinajstić information content (AvgIpc) is 3.52. The fourth-order valence-electron chi connectivity index (χ4n) is 5.65. The summed E-state index contributed by atoms with van der Waals surface area (Å²) < 4.78 is 52.1. The largest absolute Gasteiger partial charge is 0.497 e. The highest BCUT2D eigenvalue weighted by Gasteiger charge is 2.58. The molecule has 1 saturated heterocycles. The third-order valence-corrected chi connectivity index (χ3v) is 8.34. The van der Waals surface area contributed by atoms with Crippen molar-refractivity contribution in [2.24, 2.45) is 0 Å². The van der Waals surface area contributed by atoms with E-state index in [0.29, 0.717) is 22.6 Å². The summed E-state index contributed by atoms with van der Waals surface area (Å²) in [6, 6.07) is 26.8. The number of hydrogen-bond donors (Lipinski definition) is 0. The molecule has 0 spiro atoms. The van der Waals surface area contributed by atoms with Crippen molar-refractivity contribution in [1.29, 1.82) is 0 Å². The van der Waals surface area contributed by atoms with Crippen LogP contribution in [0.4, 0.5) is 13.2 Å². The first-order chi connectivity index (χ1) is 22.0. The van der Waals surface area contributed by atoms with E-state index < -0.39 is 23.6 Å². The molecule has 0 radical (unpaired) electrons. The average molecular weight is 629 g/mol. The molecule has 3 heterocycles. The Morgan fingerprint density at radius 2 is 1.63 bits per heavy atom. The van der Waals surface area contributed by atoms with Gasteiger partial charge in [0.05, 0.1) is 36.7 Å². The zero-order chi connectivity index (χ0) is 32.6. The van der Waals surface area contributed by atoms with E-state index in [4.69, 9.17) is 14.3 Å². The second kappa shape index (κ2) is 12.0. The van der Waals surface area contributed by atoms with Gasteiger partial charge in [-0.2, -0.15) is 13.2 Å². The summed E-state index contributed by atoms with van der Waals surface area (Å²) >= 11 is 0. The second-order valence-corrected chi connectivity index (χ2v) is 11.4. The number of methoxy groups -OCH3 is 1. The Morgan fingerprint density at radius 3 is 2.30 bits per heavy atom. The number of nitrogens with zero attached hydrogens (tertiary/aromatic N) is 2. The minimum Gasteiger partial charge on any atom is -0.497 e. The molecule has 7 rings (SSSR count). The first kappa shape index (κ1) is 30.9. The van der Waals surface area contributed by atoms with E-state index in [1.165, 1.54) is 23.3 Å². The summed E-state index contributed by atoms with van der Waals surface area (Å²) in [6.07, 6.45) is -4.85. The normalized spacial score (nSPS) is 17.7. The predicted molar refractivity (Wildman–Crippen MR) is 165 cm³/mol. The van der Waals surface area contributed by atoms with Gasteiger partial charge in [-0.15, -0.1) is 5.06 Å². The molecule has 0 saturated carbocycles. The van der Waals surface area contributed by atoms with Crippen LogP contribution in [-0.4, -0.2) is 35.2 Å². The van der Waals surface area contributed by atoms with Gasteiger partial charge in [0.25, 0.3) is 5.91 Å². The number of alkyl halides is 3. The molecule has 46 heavy (non-hydrogen) atoms. The van der Waals surface area contributed by atoms with Crippen LogP contribution < -0.4 is 9.57 Å². The van der Waals surface area contributed by atoms with Crippen LogP contribution in [0.25, 0.3) is 10.9 Å². The molecule has 2 unspecified atom stereocenters. The van der Waals surface area contributed by atoms with Crippen molar-refractivity contribution < 1.29 is 37.1 Å². The minimum absolute atomic E-state index is 0.0376. The molecule has 7 nitrogen and oxygen atoms in total. The van der Waals surface area contributed by atoms with Crippen LogP contribution in [0.1, 0.15) is 45.2 Å². The molecule has 2 aliphatic rings. The van der Waals surface area contributed by atoms with Crippen LogP contribution in [-0.2, 0) is 34.3 Å². The number of esters is 1. The number of halogens is 3. The van der Waals surface area contributed by atoms with Crippen molar-refractivity contribution in [3.8, 4) is 11.5 Å². The first-order valence-electron chi connectivity index (χ1n) is 14.6. The SMILES string of the molecule is CC12CN1Oc1ccccc12.COc1ccc(C(=O)n2c(C)c(CC(=O)OCc3ccccc3)c3cc(C(F)(F)F)ccc32)cc1. The van der Waals surface area contributed by atoms with Crippen molar-refractivity contribution >= 4 is 22.8 Å². The number of rotatable bonds is 6. The summed E-state index contributed by atoms with van der Waals surface area (Å²) in [7, 11) is 1.50. The van der Waals surface area contributed by atoms with Crippen LogP contribution in [0, 0.1) is 6.92 Å². The fourth-order valence-corrected chi connectivity index (χ4v) is 5.65. The summed E-state index contributed by atoms with van der Waals surface area (Å²) in [5.41, 5.74) is 2.75. The van der Waals surface area contributed by atoms with Crippen LogP contribution >= 0.6 is 0 Å². The van der Waals surface area contributed by atoms with Crippen LogP contribution in [0.3, 0.4) is 0 Å². The van der Waals surface area contributed by atoms with Crippen molar-refractivity contribution in [3.05, 3.63) is 131 Å². The van der Waals surface area contributed by atoms with E-state index in [0.717, 1.165) is 30.0 Å². The topological polar surface area (TPSA) is 69.8 Å². The van der Waals surface area contributed by atoms with E-state index in [-0.39, 0.29) is 29.5 Å². The molecule has 0 N–H and O–H groups in total. The van der Waals surface area contributed by atoms with Crippen molar-refractivity contribution in [2.45, 2.75) is 38.6 Å². The number of hydrogen-bond acceptors (Lipinski definition) is 6. The Hall–Kier alpha value is -5.09. The Balaban J connectivity index is 0.000000279. The molecule has 2 atom stereocenters. The van der Waals surface area contributed by atoms with Gasteiger partial charge in [0.2, 0.25) is 0 Å². The van der Waals surface area contributed by atoms with E-state index in [2.05, 4.69) is 19.1 Å². The van der Waals surface area contributed by atoms with Crippen LogP contribution in [0.5, 0.6) is 11.5 Å². The maximum Gasteiger partial charge on any atom is 0.416 e. The molecule has 1 aromatic heterocycles. The Kier molecular flexibility index (Phi) is 8.08. The Morgan fingerprint density at radius 1 is 0.935 bits per heavy atom. The number of hydroxylamine groups is 2. The van der Waals surface area contributed by atoms with Gasteiger partial charge >= 0.3 is 12.1 Å². The van der Waals surface area contributed by atoms with Gasteiger partial charge in [-0.3, -0.25) is 14.2 Å². The number of fused-ring (bicyclic) bond motifs is 4. The molecule has 4 aromatic carbocycles. The number of ether oxygens (including phenoxy) is 2. The first-order valence-corrected chi connectivity index (χ1v) is 14.6. The van der Waals surface area contributed by atoms with Gasteiger partial charge in [-0.1, -0.05) is 48.5 Å². The second-order valence-electron chi connectivity index (χ2n) is 11.4. The molecular weight excluding hydrogens is 597 g/mol. The maximum atomic E-state index is 13.4. The highest BCUT2D eigenvalue weighted by atomic mass is 19.4. The number of carbonyl (C=O) groups excluding carboxylic acids is 2. The van der Waals surface area contributed by atoms with Crippen molar-refractivity contribution in [2.75, 3.05) is 13.7 Å². The number of aromatic nitrogens is 1. The van der Waals surface area contributed by atoms with Crippen LogP contribution in [0.2, 0.25) is 0 Å². The lowest BCUT2D eigenvalue weighted by Crippen LogP contribution is -2.14. The van der Waals surface area contributed by atoms with Gasteiger partial charge in [0.1, 0.15) is 12.4 Å². The van der Waals surface area contributed by atoms with E-state index in [9.17, 15) is 22.8 Å². The standard InChI is InChI=1S/C27H22F3NO4.C9H9NO/c1-17-22(15-25(32)35-16-18-6-4-3-5-7-18)23-14-20(27(28,29)30)10-13-24(23)31(17)26(33)19-8-11-21(34-2)12-9-19;1-9-6-10(9)11-8-5-3-2-4-7(8)9/h3-14H,15-16H2,1-2H3;2-5H,6H2,1H3. The monoisotopic (exact) mass is 628 g/mol. The highest BCUT2D eigenvalue weighted by Crippen LogP contribution is 2.52. The Bertz CT molecular complexity index is 1920. The molecule has 5 aromatic rings. The molecule has 0 aliphatic carbocycles. The molecule has 2 aliphatic heterocycles. The lowest BCUT2D eigenvalue weighted by molar-refractivity contribution is -0.144. The summed E-state index contributed by atoms with van der Waals surface area (Å²) in [4.78, 5) is 31.5. The zero-order valence-electron chi connectivity index (χ0n) is 25.4. The predicted octanol–water partition coefficient (Wildman–Crippen LogP) is 7.48. The highest BCUT2D eigenvalue weighted by molar-refractivity contribution is 6.05. The van der Waals surface area contributed by atoms with Gasteiger partial charge in [-0.25, -0.2) is 0 Å². The number of carbonyl (C=O) groups is 2. The molecule has 10 heteroatoms.